The second-order valence-corrected chi connectivity index (χ2v) is 6.18. The van der Waals surface area contributed by atoms with Gasteiger partial charge in [0.25, 0.3) is 0 Å². The summed E-state index contributed by atoms with van der Waals surface area (Å²) in [4.78, 5) is 16.7. The lowest BCUT2D eigenvalue weighted by Crippen LogP contribution is -2.08. The maximum atomic E-state index is 12.3. The molecule has 3 rings (SSSR count). The Kier molecular flexibility index (Phi) is 4.94. The molecule has 0 unspecified atom stereocenters. The van der Waals surface area contributed by atoms with E-state index < -0.39 is 0 Å². The molecular formula is C22H22N2O. The lowest BCUT2D eigenvalue weighted by atomic mass is 10.0. The van der Waals surface area contributed by atoms with Gasteiger partial charge in [-0.15, -0.1) is 0 Å². The third-order valence-electron chi connectivity index (χ3n) is 4.51. The number of pyridine rings is 1. The fourth-order valence-corrected chi connectivity index (χ4v) is 2.78. The molecule has 2 aromatic carbocycles. The average Bonchev–Trinajstić information content (AvgIpc) is 2.64. The summed E-state index contributed by atoms with van der Waals surface area (Å²) in [5.74, 6) is -0.148. The summed E-state index contributed by atoms with van der Waals surface area (Å²) in [6.07, 6.45) is 6.14. The Labute approximate surface area is 148 Å². The van der Waals surface area contributed by atoms with E-state index in [1.54, 1.807) is 12.3 Å². The van der Waals surface area contributed by atoms with Gasteiger partial charge in [0, 0.05) is 17.7 Å². The van der Waals surface area contributed by atoms with Gasteiger partial charge in [0.05, 0.1) is 11.2 Å². The summed E-state index contributed by atoms with van der Waals surface area (Å²) in [6.45, 7) is 6.24. The molecule has 1 amide bonds. The summed E-state index contributed by atoms with van der Waals surface area (Å²) in [7, 11) is 0. The predicted octanol–water partition coefficient (Wildman–Crippen LogP) is 5.07. The molecule has 0 aliphatic heterocycles. The second kappa shape index (κ2) is 7.31. The summed E-state index contributed by atoms with van der Waals surface area (Å²) < 4.78 is 0. The number of anilines is 1. The molecule has 3 aromatic rings. The van der Waals surface area contributed by atoms with Gasteiger partial charge in [-0.3, -0.25) is 9.78 Å². The maximum Gasteiger partial charge on any atom is 0.248 e. The lowest BCUT2D eigenvalue weighted by molar-refractivity contribution is -0.111. The van der Waals surface area contributed by atoms with Crippen molar-refractivity contribution in [1.82, 2.24) is 4.98 Å². The molecule has 0 spiro atoms. The van der Waals surface area contributed by atoms with Crippen LogP contribution in [0, 0.1) is 13.8 Å². The van der Waals surface area contributed by atoms with Gasteiger partial charge in [-0.2, -0.15) is 0 Å². The van der Waals surface area contributed by atoms with Gasteiger partial charge in [0.15, 0.2) is 0 Å². The number of carbonyl (C=O) groups excluding carboxylic acids is 1. The van der Waals surface area contributed by atoms with E-state index in [0.29, 0.717) is 0 Å². The van der Waals surface area contributed by atoms with E-state index in [2.05, 4.69) is 49.3 Å². The van der Waals surface area contributed by atoms with Crippen molar-refractivity contribution < 1.29 is 4.79 Å². The number of hydrogen-bond donors (Lipinski definition) is 1. The van der Waals surface area contributed by atoms with Crippen LogP contribution in [0.15, 0.2) is 54.7 Å². The van der Waals surface area contributed by atoms with Crippen molar-refractivity contribution in [3.63, 3.8) is 0 Å². The van der Waals surface area contributed by atoms with E-state index in [1.165, 1.54) is 11.1 Å². The van der Waals surface area contributed by atoms with E-state index in [1.807, 2.05) is 30.3 Å². The van der Waals surface area contributed by atoms with Crippen molar-refractivity contribution in [1.29, 1.82) is 0 Å². The Morgan fingerprint density at radius 1 is 1.08 bits per heavy atom. The van der Waals surface area contributed by atoms with Crippen LogP contribution in [0.2, 0.25) is 0 Å². The number of nitrogens with zero attached hydrogens (tertiary/aromatic N) is 1. The highest BCUT2D eigenvalue weighted by atomic mass is 16.1. The van der Waals surface area contributed by atoms with Crippen LogP contribution < -0.4 is 5.32 Å². The smallest absolute Gasteiger partial charge is 0.248 e. The number of fused-ring (bicyclic) bond motifs is 1. The molecule has 3 heteroatoms. The molecule has 1 heterocycles. The molecule has 1 N–H and O–H groups in total. The number of nitrogens with one attached hydrogen (secondary N) is 1. The standard InChI is InChI=1S/C22H22N2O/c1-4-17-6-8-18(9-7-17)10-12-21(25)24-20-13-14-23-22-16(3)15(2)5-11-19(20)22/h5-14H,4H2,1-3H3,(H,23,24,25)/b12-10+. The molecule has 0 saturated heterocycles. The van der Waals surface area contributed by atoms with Gasteiger partial charge in [0.2, 0.25) is 5.91 Å². The zero-order valence-corrected chi connectivity index (χ0v) is 14.8. The summed E-state index contributed by atoms with van der Waals surface area (Å²) in [6, 6.07) is 14.1. The molecule has 0 saturated carbocycles. The molecule has 25 heavy (non-hydrogen) atoms. The average molecular weight is 330 g/mol. The lowest BCUT2D eigenvalue weighted by Gasteiger charge is -2.09. The van der Waals surface area contributed by atoms with Crippen molar-refractivity contribution in [3.05, 3.63) is 77.0 Å². The number of hydrogen-bond acceptors (Lipinski definition) is 2. The monoisotopic (exact) mass is 330 g/mol. The maximum absolute atomic E-state index is 12.3. The quantitative estimate of drug-likeness (QED) is 0.679. The third kappa shape index (κ3) is 3.77. The normalized spacial score (nSPS) is 11.2. The fraction of sp³-hybridized carbons (Fsp3) is 0.182. The summed E-state index contributed by atoms with van der Waals surface area (Å²) in [5, 5.41) is 3.92. The summed E-state index contributed by atoms with van der Waals surface area (Å²) in [5.41, 5.74) is 6.34. The minimum Gasteiger partial charge on any atom is -0.322 e. The molecular weight excluding hydrogens is 308 g/mol. The Morgan fingerprint density at radius 3 is 2.56 bits per heavy atom. The molecule has 1 aromatic heterocycles. The minimum absolute atomic E-state index is 0.148. The van der Waals surface area contributed by atoms with Crippen LogP contribution in [0.4, 0.5) is 5.69 Å². The number of benzene rings is 2. The molecule has 0 bridgehead atoms. The van der Waals surface area contributed by atoms with Crippen LogP contribution in [0.5, 0.6) is 0 Å². The summed E-state index contributed by atoms with van der Waals surface area (Å²) >= 11 is 0. The van der Waals surface area contributed by atoms with E-state index in [4.69, 9.17) is 0 Å². The van der Waals surface area contributed by atoms with Gasteiger partial charge in [-0.1, -0.05) is 43.3 Å². The van der Waals surface area contributed by atoms with Crippen molar-refractivity contribution in [2.24, 2.45) is 0 Å². The van der Waals surface area contributed by atoms with E-state index in [0.717, 1.165) is 34.1 Å². The first-order chi connectivity index (χ1) is 12.1. The number of amides is 1. The van der Waals surface area contributed by atoms with Crippen molar-refractivity contribution in [2.45, 2.75) is 27.2 Å². The Morgan fingerprint density at radius 2 is 1.84 bits per heavy atom. The van der Waals surface area contributed by atoms with Gasteiger partial charge in [-0.05, 0) is 54.7 Å². The van der Waals surface area contributed by atoms with Crippen molar-refractivity contribution in [3.8, 4) is 0 Å². The van der Waals surface area contributed by atoms with Crippen LogP contribution in [-0.2, 0) is 11.2 Å². The first-order valence-corrected chi connectivity index (χ1v) is 8.51. The highest BCUT2D eigenvalue weighted by molar-refractivity contribution is 6.07. The van der Waals surface area contributed by atoms with E-state index >= 15 is 0 Å². The van der Waals surface area contributed by atoms with Crippen molar-refractivity contribution in [2.75, 3.05) is 5.32 Å². The van der Waals surface area contributed by atoms with Crippen molar-refractivity contribution >= 4 is 28.6 Å². The number of aryl methyl sites for hydroxylation is 3. The molecule has 126 valence electrons. The Balaban J connectivity index is 1.80. The molecule has 0 aliphatic rings. The Bertz CT molecular complexity index is 940. The molecule has 0 aliphatic carbocycles. The van der Waals surface area contributed by atoms with Gasteiger partial charge < -0.3 is 5.32 Å². The third-order valence-corrected chi connectivity index (χ3v) is 4.51. The second-order valence-electron chi connectivity index (χ2n) is 6.18. The highest BCUT2D eigenvalue weighted by Crippen LogP contribution is 2.25. The highest BCUT2D eigenvalue weighted by Gasteiger charge is 2.07. The van der Waals surface area contributed by atoms with E-state index in [9.17, 15) is 4.79 Å². The molecule has 0 atom stereocenters. The number of rotatable bonds is 4. The number of carbonyl (C=O) groups is 1. The van der Waals surface area contributed by atoms with Crippen LogP contribution in [0.1, 0.15) is 29.2 Å². The van der Waals surface area contributed by atoms with Crippen LogP contribution in [0.3, 0.4) is 0 Å². The zero-order chi connectivity index (χ0) is 17.8. The van der Waals surface area contributed by atoms with Gasteiger partial charge in [-0.25, -0.2) is 0 Å². The largest absolute Gasteiger partial charge is 0.322 e. The SMILES string of the molecule is CCc1ccc(/C=C/C(=O)Nc2ccnc3c(C)c(C)ccc23)cc1. The van der Waals surface area contributed by atoms with Gasteiger partial charge >= 0.3 is 0 Å². The molecule has 0 fully saturated rings. The van der Waals surface area contributed by atoms with Gasteiger partial charge in [0.1, 0.15) is 0 Å². The van der Waals surface area contributed by atoms with Crippen LogP contribution in [-0.4, -0.2) is 10.9 Å². The van der Waals surface area contributed by atoms with Crippen LogP contribution >= 0.6 is 0 Å². The first kappa shape index (κ1) is 16.9. The Hall–Kier alpha value is -2.94. The minimum atomic E-state index is -0.148. The predicted molar refractivity (Wildman–Crippen MR) is 105 cm³/mol. The van der Waals surface area contributed by atoms with E-state index in [-0.39, 0.29) is 5.91 Å². The topological polar surface area (TPSA) is 42.0 Å². The molecule has 0 radical (unpaired) electrons. The zero-order valence-electron chi connectivity index (χ0n) is 14.8. The molecule has 3 nitrogen and oxygen atoms in total. The fourth-order valence-electron chi connectivity index (χ4n) is 2.78. The number of aromatic nitrogens is 1. The first-order valence-electron chi connectivity index (χ1n) is 8.51. The van der Waals surface area contributed by atoms with Crippen LogP contribution in [0.25, 0.3) is 17.0 Å².